The van der Waals surface area contributed by atoms with Crippen LogP contribution < -0.4 is 5.32 Å². The molecule has 0 bridgehead atoms. The van der Waals surface area contributed by atoms with Crippen LogP contribution in [0.15, 0.2) is 6.20 Å². The van der Waals surface area contributed by atoms with Gasteiger partial charge in [0.05, 0.1) is 17.9 Å². The molecule has 18 heavy (non-hydrogen) atoms. The van der Waals surface area contributed by atoms with Crippen molar-refractivity contribution < 1.29 is 4.74 Å². The highest BCUT2D eigenvalue weighted by Crippen LogP contribution is 2.16. The number of nitrogens with one attached hydrogen (secondary N) is 1. The van der Waals surface area contributed by atoms with Crippen molar-refractivity contribution in [1.29, 1.82) is 0 Å². The Morgan fingerprint density at radius 1 is 1.33 bits per heavy atom. The molecule has 0 fully saturated rings. The summed E-state index contributed by atoms with van der Waals surface area (Å²) in [5.74, 6) is 0. The van der Waals surface area contributed by atoms with Crippen LogP contribution in [0.3, 0.4) is 0 Å². The van der Waals surface area contributed by atoms with E-state index in [2.05, 4.69) is 29.5 Å². The molecule has 1 N–H and O–H groups in total. The van der Waals surface area contributed by atoms with Crippen molar-refractivity contribution in [3.05, 3.63) is 11.9 Å². The molecule has 1 aromatic rings. The highest BCUT2D eigenvalue weighted by atomic mass is 16.5. The number of hydrogen-bond acceptors (Lipinski definition) is 4. The minimum absolute atomic E-state index is 0.290. The molecule has 0 radical (unpaired) electrons. The average Bonchev–Trinajstić information content (AvgIpc) is 2.82. The highest BCUT2D eigenvalue weighted by Gasteiger charge is 2.15. The maximum absolute atomic E-state index is 5.45. The number of hydrogen-bond donors (Lipinski definition) is 1. The van der Waals surface area contributed by atoms with Crippen LogP contribution in [0.1, 0.15) is 51.8 Å². The Labute approximate surface area is 110 Å². The zero-order valence-electron chi connectivity index (χ0n) is 11.9. The van der Waals surface area contributed by atoms with Gasteiger partial charge in [0.2, 0.25) is 0 Å². The summed E-state index contributed by atoms with van der Waals surface area (Å²) in [6.45, 7) is 9.83. The molecule has 0 aliphatic carbocycles. The Kier molecular flexibility index (Phi) is 7.60. The maximum atomic E-state index is 5.45. The Morgan fingerprint density at radius 3 is 2.83 bits per heavy atom. The molecule has 0 spiro atoms. The summed E-state index contributed by atoms with van der Waals surface area (Å²) in [4.78, 5) is 0. The first-order valence-corrected chi connectivity index (χ1v) is 7.02. The molecule has 1 aromatic heterocycles. The molecular formula is C13H26N4O. The third-order valence-electron chi connectivity index (χ3n) is 2.84. The van der Waals surface area contributed by atoms with Gasteiger partial charge in [0.25, 0.3) is 0 Å². The van der Waals surface area contributed by atoms with Gasteiger partial charge in [-0.05, 0) is 32.7 Å². The molecule has 1 rings (SSSR count). The summed E-state index contributed by atoms with van der Waals surface area (Å²) in [7, 11) is 0. The second-order valence-electron chi connectivity index (χ2n) is 4.37. The van der Waals surface area contributed by atoms with E-state index in [0.717, 1.165) is 45.6 Å². The highest BCUT2D eigenvalue weighted by molar-refractivity contribution is 5.02. The van der Waals surface area contributed by atoms with Crippen molar-refractivity contribution in [3.8, 4) is 0 Å². The van der Waals surface area contributed by atoms with Crippen LogP contribution in [0.4, 0.5) is 0 Å². The third-order valence-corrected chi connectivity index (χ3v) is 2.84. The Hall–Kier alpha value is -0.940. The molecule has 0 saturated heterocycles. The van der Waals surface area contributed by atoms with Gasteiger partial charge < -0.3 is 10.1 Å². The zero-order valence-corrected chi connectivity index (χ0v) is 11.9. The quantitative estimate of drug-likeness (QED) is 0.650. The normalized spacial score (nSPS) is 12.8. The molecule has 0 saturated carbocycles. The van der Waals surface area contributed by atoms with E-state index in [4.69, 9.17) is 4.74 Å². The van der Waals surface area contributed by atoms with Gasteiger partial charge in [0.1, 0.15) is 0 Å². The van der Waals surface area contributed by atoms with Gasteiger partial charge in [-0.15, -0.1) is 5.10 Å². The van der Waals surface area contributed by atoms with Crippen LogP contribution >= 0.6 is 0 Å². The van der Waals surface area contributed by atoms with Gasteiger partial charge >= 0.3 is 0 Å². The summed E-state index contributed by atoms with van der Waals surface area (Å²) in [5.41, 5.74) is 1.17. The van der Waals surface area contributed by atoms with Crippen molar-refractivity contribution >= 4 is 0 Å². The standard InChI is InChI=1S/C13H26N4O/c1-4-8-14-12(7-10-18-6-3)13-11-15-16-17(13)9-5-2/h11-12,14H,4-10H2,1-3H3. The van der Waals surface area contributed by atoms with E-state index in [1.807, 2.05) is 17.8 Å². The Balaban J connectivity index is 2.63. The molecule has 0 aliphatic rings. The molecule has 0 aliphatic heterocycles. The van der Waals surface area contributed by atoms with Gasteiger partial charge in [-0.3, -0.25) is 0 Å². The number of aromatic nitrogens is 3. The number of nitrogens with zero attached hydrogens (tertiary/aromatic N) is 3. The average molecular weight is 254 g/mol. The lowest BCUT2D eigenvalue weighted by molar-refractivity contribution is 0.135. The summed E-state index contributed by atoms with van der Waals surface area (Å²) in [5, 5.41) is 11.7. The van der Waals surface area contributed by atoms with E-state index < -0.39 is 0 Å². The van der Waals surface area contributed by atoms with Gasteiger partial charge in [0, 0.05) is 19.8 Å². The molecule has 5 nitrogen and oxygen atoms in total. The summed E-state index contributed by atoms with van der Waals surface area (Å²) < 4.78 is 7.45. The third kappa shape index (κ3) is 4.74. The fourth-order valence-electron chi connectivity index (χ4n) is 1.94. The van der Waals surface area contributed by atoms with Crippen molar-refractivity contribution in [1.82, 2.24) is 20.3 Å². The van der Waals surface area contributed by atoms with Crippen molar-refractivity contribution in [2.45, 2.75) is 52.6 Å². The van der Waals surface area contributed by atoms with Crippen LogP contribution in [0.25, 0.3) is 0 Å². The number of ether oxygens (including phenoxy) is 1. The Bertz CT molecular complexity index is 314. The second kappa shape index (κ2) is 9.05. The summed E-state index contributed by atoms with van der Waals surface area (Å²) in [6, 6.07) is 0.290. The van der Waals surface area contributed by atoms with E-state index in [9.17, 15) is 0 Å². The molecule has 1 unspecified atom stereocenters. The molecule has 104 valence electrons. The lowest BCUT2D eigenvalue weighted by atomic mass is 10.1. The second-order valence-corrected chi connectivity index (χ2v) is 4.37. The number of aryl methyl sites for hydroxylation is 1. The first-order chi connectivity index (χ1) is 8.83. The zero-order chi connectivity index (χ0) is 13.2. The van der Waals surface area contributed by atoms with Gasteiger partial charge in [0.15, 0.2) is 0 Å². The first kappa shape index (κ1) is 15.1. The molecule has 0 amide bonds. The van der Waals surface area contributed by atoms with Gasteiger partial charge in [-0.1, -0.05) is 19.1 Å². The van der Waals surface area contributed by atoms with E-state index in [1.54, 1.807) is 0 Å². The predicted octanol–water partition coefficient (Wildman–Crippen LogP) is 2.16. The number of rotatable bonds is 10. The fourth-order valence-corrected chi connectivity index (χ4v) is 1.94. The lowest BCUT2D eigenvalue weighted by Gasteiger charge is -2.19. The van der Waals surface area contributed by atoms with Gasteiger partial charge in [-0.25, -0.2) is 4.68 Å². The van der Waals surface area contributed by atoms with Crippen LogP contribution in [-0.4, -0.2) is 34.8 Å². The largest absolute Gasteiger partial charge is 0.382 e. The molecular weight excluding hydrogens is 228 g/mol. The SMILES string of the molecule is CCCNC(CCOCC)c1cnnn1CCC. The van der Waals surface area contributed by atoms with Gasteiger partial charge in [-0.2, -0.15) is 0 Å². The van der Waals surface area contributed by atoms with Crippen LogP contribution in [0, 0.1) is 0 Å². The molecule has 1 heterocycles. The van der Waals surface area contributed by atoms with E-state index in [1.165, 1.54) is 5.69 Å². The topological polar surface area (TPSA) is 52.0 Å². The molecule has 1 atom stereocenters. The maximum Gasteiger partial charge on any atom is 0.0757 e. The van der Waals surface area contributed by atoms with Crippen LogP contribution in [0.2, 0.25) is 0 Å². The predicted molar refractivity (Wildman–Crippen MR) is 72.5 cm³/mol. The van der Waals surface area contributed by atoms with Crippen molar-refractivity contribution in [2.24, 2.45) is 0 Å². The summed E-state index contributed by atoms with van der Waals surface area (Å²) in [6.07, 6.45) is 5.03. The van der Waals surface area contributed by atoms with Crippen molar-refractivity contribution in [2.75, 3.05) is 19.8 Å². The fraction of sp³-hybridized carbons (Fsp3) is 0.846. The van der Waals surface area contributed by atoms with E-state index in [-0.39, 0.29) is 6.04 Å². The minimum Gasteiger partial charge on any atom is -0.382 e. The summed E-state index contributed by atoms with van der Waals surface area (Å²) >= 11 is 0. The van der Waals surface area contributed by atoms with E-state index in [0.29, 0.717) is 0 Å². The van der Waals surface area contributed by atoms with Crippen LogP contribution in [0.5, 0.6) is 0 Å². The lowest BCUT2D eigenvalue weighted by Crippen LogP contribution is -2.26. The van der Waals surface area contributed by atoms with Crippen LogP contribution in [-0.2, 0) is 11.3 Å². The smallest absolute Gasteiger partial charge is 0.0757 e. The first-order valence-electron chi connectivity index (χ1n) is 7.02. The minimum atomic E-state index is 0.290. The molecule has 5 heteroatoms. The van der Waals surface area contributed by atoms with E-state index >= 15 is 0 Å². The molecule has 0 aromatic carbocycles. The monoisotopic (exact) mass is 254 g/mol. The Morgan fingerprint density at radius 2 is 2.17 bits per heavy atom. The van der Waals surface area contributed by atoms with Crippen molar-refractivity contribution in [3.63, 3.8) is 0 Å².